The molecule has 3 heteroatoms. The zero-order valence-corrected chi connectivity index (χ0v) is 7.76. The highest BCUT2D eigenvalue weighted by molar-refractivity contribution is 5.45. The number of nitrogens with one attached hydrogen (secondary N) is 1. The largest absolute Gasteiger partial charge is 0.382 e. The van der Waals surface area contributed by atoms with Gasteiger partial charge in [-0.1, -0.05) is 12.1 Å². The molecule has 0 saturated carbocycles. The summed E-state index contributed by atoms with van der Waals surface area (Å²) in [7, 11) is 0. The van der Waals surface area contributed by atoms with Gasteiger partial charge in [0.2, 0.25) is 0 Å². The molecule has 0 heterocycles. The molecule has 1 rings (SSSR count). The van der Waals surface area contributed by atoms with E-state index in [-0.39, 0.29) is 0 Å². The number of alkyl halides is 1. The Bertz CT molecular complexity index is 261. The zero-order chi connectivity index (χ0) is 9.68. The molecular weight excluding hydrogens is 167 g/mol. The van der Waals surface area contributed by atoms with Gasteiger partial charge < -0.3 is 11.1 Å². The summed E-state index contributed by atoms with van der Waals surface area (Å²) in [6, 6.07) is 7.70. The maximum atomic E-state index is 12.5. The van der Waals surface area contributed by atoms with Crippen LogP contribution in [0.15, 0.2) is 24.3 Å². The molecule has 0 aliphatic heterocycles. The fourth-order valence-corrected chi connectivity index (χ4v) is 1.07. The first-order chi connectivity index (χ1) is 6.22. The Kier molecular flexibility index (Phi) is 3.71. The molecule has 0 bridgehead atoms. The number of benzene rings is 1. The summed E-state index contributed by atoms with van der Waals surface area (Å²) in [4.78, 5) is 0. The van der Waals surface area contributed by atoms with Crippen molar-refractivity contribution in [2.45, 2.75) is 19.6 Å². The van der Waals surface area contributed by atoms with E-state index in [1.54, 1.807) is 0 Å². The van der Waals surface area contributed by atoms with Gasteiger partial charge in [-0.15, -0.1) is 0 Å². The molecule has 0 spiro atoms. The van der Waals surface area contributed by atoms with E-state index in [2.05, 4.69) is 5.32 Å². The quantitative estimate of drug-likeness (QED) is 0.746. The number of nitrogens with two attached hydrogens (primary N) is 1. The predicted molar refractivity (Wildman–Crippen MR) is 53.4 cm³/mol. The highest BCUT2D eigenvalue weighted by Gasteiger charge is 1.97. The number of halogens is 1. The second kappa shape index (κ2) is 4.82. The second-order valence-corrected chi connectivity index (χ2v) is 3.07. The Morgan fingerprint density at radius 3 is 2.92 bits per heavy atom. The predicted octanol–water partition coefficient (Wildman–Crippen LogP) is 1.92. The van der Waals surface area contributed by atoms with Crippen LogP contribution in [0.4, 0.5) is 10.1 Å². The lowest BCUT2D eigenvalue weighted by Crippen LogP contribution is -2.11. The van der Waals surface area contributed by atoms with Crippen LogP contribution in [0.5, 0.6) is 0 Å². The fourth-order valence-electron chi connectivity index (χ4n) is 1.07. The third-order valence-electron chi connectivity index (χ3n) is 1.75. The van der Waals surface area contributed by atoms with Crippen molar-refractivity contribution in [1.82, 2.24) is 0 Å². The molecule has 3 N–H and O–H groups in total. The van der Waals surface area contributed by atoms with Gasteiger partial charge in [0.25, 0.3) is 0 Å². The highest BCUT2D eigenvalue weighted by Crippen LogP contribution is 2.10. The highest BCUT2D eigenvalue weighted by atomic mass is 19.1. The van der Waals surface area contributed by atoms with Gasteiger partial charge >= 0.3 is 0 Å². The molecular formula is C10H15FN2. The topological polar surface area (TPSA) is 38.0 Å². The van der Waals surface area contributed by atoms with Crippen molar-refractivity contribution in [1.29, 1.82) is 0 Å². The van der Waals surface area contributed by atoms with Gasteiger partial charge in [-0.3, -0.25) is 0 Å². The lowest BCUT2D eigenvalue weighted by atomic mass is 10.2. The van der Waals surface area contributed by atoms with Gasteiger partial charge in [-0.2, -0.15) is 0 Å². The summed E-state index contributed by atoms with van der Waals surface area (Å²) in [5, 5.41) is 2.99. The monoisotopic (exact) mass is 182 g/mol. The third-order valence-corrected chi connectivity index (χ3v) is 1.75. The minimum atomic E-state index is -0.832. The summed E-state index contributed by atoms with van der Waals surface area (Å²) in [5.74, 6) is 0. The molecule has 0 saturated heterocycles. The van der Waals surface area contributed by atoms with E-state index >= 15 is 0 Å². The van der Waals surface area contributed by atoms with Crippen LogP contribution in [0.25, 0.3) is 0 Å². The summed E-state index contributed by atoms with van der Waals surface area (Å²) in [6.07, 6.45) is -0.832. The molecule has 0 fully saturated rings. The van der Waals surface area contributed by atoms with Crippen LogP contribution < -0.4 is 11.1 Å². The van der Waals surface area contributed by atoms with Crippen LogP contribution in [0.1, 0.15) is 12.5 Å². The molecule has 2 nitrogen and oxygen atoms in total. The normalized spacial score (nSPS) is 12.5. The van der Waals surface area contributed by atoms with Gasteiger partial charge in [0, 0.05) is 18.8 Å². The minimum Gasteiger partial charge on any atom is -0.382 e. The average Bonchev–Trinajstić information content (AvgIpc) is 2.15. The molecule has 0 aromatic heterocycles. The number of anilines is 1. The van der Waals surface area contributed by atoms with E-state index in [9.17, 15) is 4.39 Å². The van der Waals surface area contributed by atoms with Crippen molar-refractivity contribution in [3.8, 4) is 0 Å². The van der Waals surface area contributed by atoms with Crippen molar-refractivity contribution in [3.05, 3.63) is 29.8 Å². The third kappa shape index (κ3) is 3.42. The first-order valence-electron chi connectivity index (χ1n) is 4.39. The van der Waals surface area contributed by atoms with Gasteiger partial charge in [-0.25, -0.2) is 4.39 Å². The smallest absolute Gasteiger partial charge is 0.114 e. The van der Waals surface area contributed by atoms with Crippen molar-refractivity contribution in [3.63, 3.8) is 0 Å². The molecule has 0 amide bonds. The number of rotatable bonds is 4. The van der Waals surface area contributed by atoms with Gasteiger partial charge in [0.1, 0.15) is 6.17 Å². The van der Waals surface area contributed by atoms with E-state index in [4.69, 9.17) is 5.73 Å². The van der Waals surface area contributed by atoms with Crippen LogP contribution in [0.3, 0.4) is 0 Å². The second-order valence-electron chi connectivity index (χ2n) is 3.07. The van der Waals surface area contributed by atoms with Gasteiger partial charge in [-0.05, 0) is 24.6 Å². The van der Waals surface area contributed by atoms with Crippen LogP contribution >= 0.6 is 0 Å². The summed E-state index contributed by atoms with van der Waals surface area (Å²) >= 11 is 0. The number of hydrogen-bond donors (Lipinski definition) is 2. The van der Waals surface area contributed by atoms with E-state index in [1.807, 2.05) is 24.3 Å². The molecule has 0 radical (unpaired) electrons. The van der Waals surface area contributed by atoms with Crippen molar-refractivity contribution in [2.75, 3.05) is 11.9 Å². The summed E-state index contributed by atoms with van der Waals surface area (Å²) < 4.78 is 12.5. The van der Waals surface area contributed by atoms with E-state index in [1.165, 1.54) is 6.92 Å². The molecule has 1 atom stereocenters. The summed E-state index contributed by atoms with van der Waals surface area (Å²) in [6.45, 7) is 2.38. The molecule has 1 aromatic carbocycles. The van der Waals surface area contributed by atoms with E-state index < -0.39 is 6.17 Å². The Morgan fingerprint density at radius 2 is 2.31 bits per heavy atom. The average molecular weight is 182 g/mol. The first-order valence-corrected chi connectivity index (χ1v) is 4.39. The number of hydrogen-bond acceptors (Lipinski definition) is 2. The van der Waals surface area contributed by atoms with Crippen LogP contribution in [0, 0.1) is 0 Å². The Labute approximate surface area is 77.9 Å². The Hall–Kier alpha value is -1.09. The fraction of sp³-hybridized carbons (Fsp3) is 0.400. The van der Waals surface area contributed by atoms with Crippen LogP contribution in [-0.4, -0.2) is 12.7 Å². The first kappa shape index (κ1) is 9.99. The maximum Gasteiger partial charge on any atom is 0.114 e. The molecule has 0 aliphatic carbocycles. The SMILES string of the molecule is CC(F)CNc1cccc(CN)c1. The van der Waals surface area contributed by atoms with Crippen LogP contribution in [0.2, 0.25) is 0 Å². The van der Waals surface area contributed by atoms with E-state index in [0.29, 0.717) is 13.1 Å². The Morgan fingerprint density at radius 1 is 1.54 bits per heavy atom. The molecule has 1 aromatic rings. The molecule has 1 unspecified atom stereocenters. The van der Waals surface area contributed by atoms with Crippen LogP contribution in [-0.2, 0) is 6.54 Å². The minimum absolute atomic E-state index is 0.341. The van der Waals surface area contributed by atoms with Crippen molar-refractivity contribution >= 4 is 5.69 Å². The van der Waals surface area contributed by atoms with Crippen molar-refractivity contribution in [2.24, 2.45) is 5.73 Å². The standard InChI is InChI=1S/C10H15FN2/c1-8(11)7-13-10-4-2-3-9(5-10)6-12/h2-5,8,13H,6-7,12H2,1H3. The lowest BCUT2D eigenvalue weighted by Gasteiger charge is -2.07. The Balaban J connectivity index is 2.56. The zero-order valence-electron chi connectivity index (χ0n) is 7.76. The lowest BCUT2D eigenvalue weighted by molar-refractivity contribution is 0.378. The van der Waals surface area contributed by atoms with E-state index in [0.717, 1.165) is 11.3 Å². The van der Waals surface area contributed by atoms with Crippen molar-refractivity contribution < 1.29 is 4.39 Å². The summed E-state index contributed by atoms with van der Waals surface area (Å²) in [5.41, 5.74) is 7.45. The molecule has 13 heavy (non-hydrogen) atoms. The molecule has 0 aliphatic rings. The van der Waals surface area contributed by atoms with Gasteiger partial charge in [0.15, 0.2) is 0 Å². The maximum absolute atomic E-state index is 12.5. The van der Waals surface area contributed by atoms with Gasteiger partial charge in [0.05, 0.1) is 0 Å². The molecule has 72 valence electrons.